The maximum Gasteiger partial charge on any atom is 4.00 e. The van der Waals surface area contributed by atoms with Crippen molar-refractivity contribution in [1.29, 1.82) is 0 Å². The van der Waals surface area contributed by atoms with Crippen molar-refractivity contribution in [3.05, 3.63) is 0 Å². The minimum atomic E-state index is -2.92. The Morgan fingerprint density at radius 1 is 1.06 bits per heavy atom. The molecule has 0 aromatic heterocycles. The van der Waals surface area contributed by atoms with Gasteiger partial charge in [0.1, 0.15) is 0 Å². The summed E-state index contributed by atoms with van der Waals surface area (Å²) in [4.78, 5) is 10.0. The van der Waals surface area contributed by atoms with E-state index in [1.807, 2.05) is 0 Å². The molecule has 5 nitrogen and oxygen atoms in total. The Hall–Kier alpha value is -0.0786. The van der Waals surface area contributed by atoms with Crippen molar-refractivity contribution in [3.8, 4) is 0 Å². The number of carboxylic acids is 1. The predicted octanol–water partition coefficient (Wildman–Crippen LogP) is -2.22. The monoisotopic (exact) mass is 289 g/mol. The van der Waals surface area contributed by atoms with Gasteiger partial charge in [0.15, 0.2) is 0 Å². The molecule has 0 aliphatic carbocycles. The van der Waals surface area contributed by atoms with E-state index in [1.165, 1.54) is 6.42 Å². The Kier molecular flexibility index (Phi) is 16.1. The van der Waals surface area contributed by atoms with Crippen LogP contribution in [0.25, 0.3) is 0 Å². The van der Waals surface area contributed by atoms with E-state index in [9.17, 15) is 9.90 Å². The summed E-state index contributed by atoms with van der Waals surface area (Å²) in [5.74, 6) is -0.925. The molecule has 0 atom stereocenters. The molecule has 0 saturated carbocycles. The minimum absolute atomic E-state index is 0. The zero-order valence-electron chi connectivity index (χ0n) is 10.5. The Morgan fingerprint density at radius 3 is 1.76 bits per heavy atom. The quantitative estimate of drug-likeness (QED) is 0.421. The van der Waals surface area contributed by atoms with Crippen molar-refractivity contribution in [2.75, 3.05) is 0 Å². The Labute approximate surface area is 114 Å². The van der Waals surface area contributed by atoms with Crippen molar-refractivity contribution in [2.24, 2.45) is 5.41 Å². The van der Waals surface area contributed by atoms with E-state index in [4.69, 9.17) is 15.1 Å². The number of carbonyl (C=O) groups is 1. The standard InChI is InChI=1S/C10H20O2.BO3.Co/c1-10(2,3)8-6-4-5-7-9(11)12;2-1(3)4;/h4-8H2,1-3H3,(H,11,12);;/q;-3;+4/p-1. The van der Waals surface area contributed by atoms with E-state index in [-0.39, 0.29) is 23.2 Å². The molecule has 0 saturated heterocycles. The van der Waals surface area contributed by atoms with Crippen LogP contribution in [0, 0.1) is 5.41 Å². The molecule has 0 unspecified atom stereocenters. The van der Waals surface area contributed by atoms with Crippen LogP contribution in [0.15, 0.2) is 0 Å². The zero-order valence-corrected chi connectivity index (χ0v) is 11.5. The molecule has 0 aromatic rings. The van der Waals surface area contributed by atoms with Crippen LogP contribution in [0.2, 0.25) is 0 Å². The molecule has 0 bridgehead atoms. The Bertz CT molecular complexity index is 179. The molecule has 0 N–H and O–H groups in total. The summed E-state index contributed by atoms with van der Waals surface area (Å²) in [5, 5.41) is 35.3. The van der Waals surface area contributed by atoms with Crippen molar-refractivity contribution >= 4 is 13.3 Å². The number of unbranched alkanes of at least 4 members (excludes halogenated alkanes) is 2. The molecule has 0 rings (SSSR count). The second-order valence-corrected chi connectivity index (χ2v) is 4.78. The molecule has 0 aliphatic rings. The molecule has 17 heavy (non-hydrogen) atoms. The number of hydrogen-bond acceptors (Lipinski definition) is 5. The van der Waals surface area contributed by atoms with Gasteiger partial charge in [-0.25, -0.2) is 0 Å². The smallest absolute Gasteiger partial charge is 0.907 e. The topological polar surface area (TPSA) is 109 Å². The van der Waals surface area contributed by atoms with E-state index in [2.05, 4.69) is 20.8 Å². The predicted molar refractivity (Wildman–Crippen MR) is 53.3 cm³/mol. The molecule has 1 radical (unpaired) electrons. The number of hydrogen-bond donors (Lipinski definition) is 0. The van der Waals surface area contributed by atoms with Gasteiger partial charge >= 0.3 is 16.8 Å². The maximum absolute atomic E-state index is 10.0. The van der Waals surface area contributed by atoms with Gasteiger partial charge in [0, 0.05) is 5.97 Å². The first-order valence-electron chi connectivity index (χ1n) is 5.32. The second-order valence-electron chi connectivity index (χ2n) is 4.78. The Balaban J connectivity index is -0.000000340. The van der Waals surface area contributed by atoms with E-state index < -0.39 is 13.3 Å². The molecule has 7 heteroatoms. The third kappa shape index (κ3) is 38.8. The average Bonchev–Trinajstić information content (AvgIpc) is 1.99. The van der Waals surface area contributed by atoms with Crippen LogP contribution in [0.1, 0.15) is 52.9 Å². The van der Waals surface area contributed by atoms with Crippen molar-refractivity contribution < 1.29 is 41.8 Å². The largest absolute Gasteiger partial charge is 4.00 e. The van der Waals surface area contributed by atoms with Gasteiger partial charge in [-0.2, -0.15) is 0 Å². The van der Waals surface area contributed by atoms with Crippen LogP contribution < -0.4 is 20.2 Å². The first-order valence-corrected chi connectivity index (χ1v) is 5.32. The molecule has 0 heterocycles. The fourth-order valence-electron chi connectivity index (χ4n) is 1.10. The van der Waals surface area contributed by atoms with Crippen molar-refractivity contribution in [2.45, 2.75) is 52.9 Å². The summed E-state index contributed by atoms with van der Waals surface area (Å²) in [6.07, 6.45) is 4.27. The summed E-state index contributed by atoms with van der Waals surface area (Å²) in [6.45, 7) is 6.60. The van der Waals surface area contributed by atoms with Gasteiger partial charge in [-0.3, -0.25) is 7.32 Å². The summed E-state index contributed by atoms with van der Waals surface area (Å²) in [6, 6.07) is 0. The average molecular weight is 289 g/mol. The third-order valence-corrected chi connectivity index (χ3v) is 1.81. The fraction of sp³-hybridized carbons (Fsp3) is 0.900. The van der Waals surface area contributed by atoms with Gasteiger partial charge in [0.05, 0.1) is 0 Å². The van der Waals surface area contributed by atoms with Crippen LogP contribution in [-0.2, 0) is 21.6 Å². The normalized spacial score (nSPS) is 9.76. The van der Waals surface area contributed by atoms with Crippen LogP contribution in [-0.4, -0.2) is 13.3 Å². The molecular weight excluding hydrogens is 270 g/mol. The number of carboxylic acid groups (broad SMARTS) is 1. The number of aliphatic carboxylic acids is 1. The van der Waals surface area contributed by atoms with Gasteiger partial charge in [-0.05, 0) is 24.7 Å². The Morgan fingerprint density at radius 2 is 1.47 bits per heavy atom. The summed E-state index contributed by atoms with van der Waals surface area (Å²) in [7, 11) is -2.92. The van der Waals surface area contributed by atoms with E-state index >= 15 is 0 Å². The maximum atomic E-state index is 10.0. The summed E-state index contributed by atoms with van der Waals surface area (Å²) >= 11 is 0. The van der Waals surface area contributed by atoms with Crippen LogP contribution in [0.4, 0.5) is 0 Å². The minimum Gasteiger partial charge on any atom is -0.907 e. The second kappa shape index (κ2) is 12.4. The van der Waals surface area contributed by atoms with Gasteiger partial charge < -0.3 is 25.0 Å². The van der Waals surface area contributed by atoms with E-state index in [0.717, 1.165) is 19.3 Å². The van der Waals surface area contributed by atoms with E-state index in [1.54, 1.807) is 0 Å². The summed E-state index contributed by atoms with van der Waals surface area (Å²) in [5.41, 5.74) is 0.376. The molecule has 0 aliphatic heterocycles. The van der Waals surface area contributed by atoms with Gasteiger partial charge in [0.2, 0.25) is 0 Å². The molecule has 0 spiro atoms. The summed E-state index contributed by atoms with van der Waals surface area (Å²) < 4.78 is 0. The third-order valence-electron chi connectivity index (χ3n) is 1.81. The zero-order chi connectivity index (χ0) is 13.2. The molecular formula is C10H19BCoO5. The van der Waals surface area contributed by atoms with Gasteiger partial charge in [0.25, 0.3) is 0 Å². The van der Waals surface area contributed by atoms with Gasteiger partial charge in [-0.15, -0.1) is 0 Å². The number of rotatable bonds is 5. The van der Waals surface area contributed by atoms with Crippen LogP contribution in [0.3, 0.4) is 0 Å². The molecule has 0 amide bonds. The number of carbonyl (C=O) groups excluding carboxylic acids is 1. The first-order chi connectivity index (χ1) is 7.15. The van der Waals surface area contributed by atoms with Crippen LogP contribution >= 0.6 is 0 Å². The van der Waals surface area contributed by atoms with Crippen molar-refractivity contribution in [3.63, 3.8) is 0 Å². The molecule has 0 fully saturated rings. The SMILES string of the molecule is CC(C)(C)CCCCCC(=O)[O-].[Co+4].[O-]B([O-])[O-]. The van der Waals surface area contributed by atoms with E-state index in [0.29, 0.717) is 5.41 Å². The van der Waals surface area contributed by atoms with Crippen LogP contribution in [0.5, 0.6) is 0 Å². The molecule has 0 aromatic carbocycles. The molecule has 101 valence electrons. The first kappa shape index (κ1) is 22.1. The fourth-order valence-corrected chi connectivity index (χ4v) is 1.10. The van der Waals surface area contributed by atoms with Gasteiger partial charge in [-0.1, -0.05) is 33.6 Å². The van der Waals surface area contributed by atoms with Crippen molar-refractivity contribution in [1.82, 2.24) is 0 Å².